The second-order valence-corrected chi connectivity index (χ2v) is 8.10. The van der Waals surface area contributed by atoms with Crippen LogP contribution in [0.3, 0.4) is 0 Å². The Labute approximate surface area is 175 Å². The van der Waals surface area contributed by atoms with Gasteiger partial charge in [0, 0.05) is 11.0 Å². The molecule has 1 saturated carbocycles. The van der Waals surface area contributed by atoms with Crippen molar-refractivity contribution in [3.63, 3.8) is 0 Å². The van der Waals surface area contributed by atoms with Gasteiger partial charge in [0.15, 0.2) is 0 Å². The largest absolute Gasteiger partial charge is 0.497 e. The van der Waals surface area contributed by atoms with Crippen LogP contribution in [0.5, 0.6) is 5.75 Å². The lowest BCUT2D eigenvalue weighted by molar-refractivity contribution is 0.415. The molecule has 0 aliphatic heterocycles. The first-order chi connectivity index (χ1) is 14.7. The van der Waals surface area contributed by atoms with Crippen molar-refractivity contribution < 1.29 is 4.74 Å². The molecule has 2 N–H and O–H groups in total. The zero-order valence-corrected chi connectivity index (χ0v) is 16.9. The lowest BCUT2D eigenvalue weighted by atomic mass is 9.68. The van der Waals surface area contributed by atoms with Crippen LogP contribution in [0.15, 0.2) is 58.4 Å². The van der Waals surface area contributed by atoms with Crippen LogP contribution >= 0.6 is 0 Å². The van der Waals surface area contributed by atoms with Crippen molar-refractivity contribution in [2.24, 2.45) is 5.10 Å². The van der Waals surface area contributed by atoms with Gasteiger partial charge in [-0.3, -0.25) is 9.78 Å². The Morgan fingerprint density at radius 3 is 2.67 bits per heavy atom. The van der Waals surface area contributed by atoms with Crippen molar-refractivity contribution in [1.82, 2.24) is 9.97 Å². The molecule has 2 aliphatic rings. The van der Waals surface area contributed by atoms with E-state index in [1.807, 2.05) is 30.3 Å². The maximum Gasteiger partial charge on any atom is 0.256 e. The summed E-state index contributed by atoms with van der Waals surface area (Å²) in [7, 11) is 1.64. The predicted octanol–water partition coefficient (Wildman–Crippen LogP) is 4.26. The first-order valence-electron chi connectivity index (χ1n) is 10.3. The SMILES string of the molecule is COc1ccc(/C=N/Nc2nc3c(c(=O)[nH]2)C2(CCCC2)Cc2ccccc2-3)cc1. The summed E-state index contributed by atoms with van der Waals surface area (Å²) in [5.41, 5.74) is 7.64. The van der Waals surface area contributed by atoms with Crippen LogP contribution in [0.4, 0.5) is 5.95 Å². The number of aromatic nitrogens is 2. The standard InChI is InChI=1S/C24H24N4O2/c1-30-18-10-8-16(9-11-18)15-25-28-23-26-21-19-7-3-2-6-17(19)14-24(12-4-5-13-24)20(21)22(29)27-23/h2-3,6-11,15H,4-5,12-14H2,1H3,(H2,26,27,28,29)/b25-15+. The fourth-order valence-electron chi connectivity index (χ4n) is 4.91. The molecule has 1 fully saturated rings. The zero-order chi connectivity index (χ0) is 20.6. The molecule has 30 heavy (non-hydrogen) atoms. The molecule has 6 heteroatoms. The predicted molar refractivity (Wildman–Crippen MR) is 118 cm³/mol. The van der Waals surface area contributed by atoms with Crippen molar-refractivity contribution in [3.05, 3.63) is 75.6 Å². The second kappa shape index (κ2) is 7.44. The van der Waals surface area contributed by atoms with E-state index in [1.54, 1.807) is 13.3 Å². The van der Waals surface area contributed by atoms with E-state index in [2.05, 4.69) is 33.7 Å². The van der Waals surface area contributed by atoms with E-state index >= 15 is 0 Å². The minimum absolute atomic E-state index is 0.0569. The molecule has 0 radical (unpaired) electrons. The van der Waals surface area contributed by atoms with Crippen LogP contribution in [0.2, 0.25) is 0 Å². The minimum Gasteiger partial charge on any atom is -0.497 e. The van der Waals surface area contributed by atoms with Crippen LogP contribution in [0, 0.1) is 0 Å². The number of ether oxygens (including phenoxy) is 1. The van der Waals surface area contributed by atoms with Gasteiger partial charge >= 0.3 is 0 Å². The number of nitrogens with one attached hydrogen (secondary N) is 2. The van der Waals surface area contributed by atoms with E-state index < -0.39 is 0 Å². The molecule has 0 atom stereocenters. The Kier molecular flexibility index (Phi) is 4.62. The third kappa shape index (κ3) is 3.18. The van der Waals surface area contributed by atoms with Gasteiger partial charge in [-0.25, -0.2) is 10.4 Å². The summed E-state index contributed by atoms with van der Waals surface area (Å²) in [5, 5.41) is 4.25. The maximum atomic E-state index is 13.2. The Hall–Kier alpha value is -3.41. The number of H-pyrrole nitrogens is 1. The maximum absolute atomic E-state index is 13.2. The Morgan fingerprint density at radius 2 is 1.90 bits per heavy atom. The number of hydrogen-bond acceptors (Lipinski definition) is 5. The third-order valence-corrected chi connectivity index (χ3v) is 6.31. The molecular formula is C24H24N4O2. The van der Waals surface area contributed by atoms with Crippen molar-refractivity contribution in [2.45, 2.75) is 37.5 Å². The van der Waals surface area contributed by atoms with E-state index in [9.17, 15) is 4.79 Å². The van der Waals surface area contributed by atoms with Crippen LogP contribution in [0.1, 0.15) is 42.4 Å². The van der Waals surface area contributed by atoms with Crippen LogP contribution in [-0.2, 0) is 11.8 Å². The van der Waals surface area contributed by atoms with Crippen molar-refractivity contribution in [2.75, 3.05) is 12.5 Å². The number of anilines is 1. The van der Waals surface area contributed by atoms with E-state index in [4.69, 9.17) is 9.72 Å². The van der Waals surface area contributed by atoms with Gasteiger partial charge < -0.3 is 4.74 Å². The molecule has 0 bridgehead atoms. The lowest BCUT2D eigenvalue weighted by Crippen LogP contribution is -2.37. The van der Waals surface area contributed by atoms with Gasteiger partial charge in [-0.1, -0.05) is 37.1 Å². The number of fused-ring (bicyclic) bond motifs is 4. The minimum atomic E-state index is -0.0881. The Morgan fingerprint density at radius 1 is 1.13 bits per heavy atom. The molecule has 1 heterocycles. The fourth-order valence-corrected chi connectivity index (χ4v) is 4.91. The molecule has 1 spiro atoms. The average molecular weight is 400 g/mol. The number of aromatic amines is 1. The van der Waals surface area contributed by atoms with Crippen molar-refractivity contribution in [3.8, 4) is 17.0 Å². The molecule has 2 aromatic carbocycles. The highest BCUT2D eigenvalue weighted by atomic mass is 16.5. The highest BCUT2D eigenvalue weighted by molar-refractivity contribution is 5.80. The summed E-state index contributed by atoms with van der Waals surface area (Å²) in [4.78, 5) is 20.9. The molecule has 2 aliphatic carbocycles. The normalized spacial score (nSPS) is 16.4. The van der Waals surface area contributed by atoms with E-state index in [0.717, 1.165) is 60.2 Å². The molecule has 1 aromatic heterocycles. The molecule has 0 amide bonds. The summed E-state index contributed by atoms with van der Waals surface area (Å²) in [5.74, 6) is 1.15. The first kappa shape index (κ1) is 18.6. The number of rotatable bonds is 4. The summed E-state index contributed by atoms with van der Waals surface area (Å²) in [6.07, 6.45) is 7.01. The average Bonchev–Trinajstić information content (AvgIpc) is 3.22. The number of nitrogens with zero attached hydrogens (tertiary/aromatic N) is 2. The zero-order valence-electron chi connectivity index (χ0n) is 16.9. The molecule has 0 saturated heterocycles. The first-order valence-corrected chi connectivity index (χ1v) is 10.3. The number of hydrazone groups is 1. The summed E-state index contributed by atoms with van der Waals surface area (Å²) in [6, 6.07) is 15.9. The molecule has 152 valence electrons. The topological polar surface area (TPSA) is 79.4 Å². The van der Waals surface area contributed by atoms with E-state index in [-0.39, 0.29) is 11.0 Å². The third-order valence-electron chi connectivity index (χ3n) is 6.31. The van der Waals surface area contributed by atoms with Gasteiger partial charge in [0.05, 0.1) is 24.6 Å². The Bertz CT molecular complexity index is 1160. The van der Waals surface area contributed by atoms with Gasteiger partial charge in [-0.2, -0.15) is 5.10 Å². The summed E-state index contributed by atoms with van der Waals surface area (Å²) in [6.45, 7) is 0. The highest BCUT2D eigenvalue weighted by Crippen LogP contribution is 2.49. The summed E-state index contributed by atoms with van der Waals surface area (Å²) < 4.78 is 5.17. The van der Waals surface area contributed by atoms with Crippen LogP contribution in [0.25, 0.3) is 11.3 Å². The van der Waals surface area contributed by atoms with E-state index in [0.29, 0.717) is 5.95 Å². The quantitative estimate of drug-likeness (QED) is 0.507. The highest BCUT2D eigenvalue weighted by Gasteiger charge is 2.43. The van der Waals surface area contributed by atoms with Gasteiger partial charge in [-0.15, -0.1) is 0 Å². The van der Waals surface area contributed by atoms with Gasteiger partial charge in [0.2, 0.25) is 5.95 Å². The number of benzene rings is 2. The monoisotopic (exact) mass is 400 g/mol. The number of methoxy groups -OCH3 is 1. The lowest BCUT2D eigenvalue weighted by Gasteiger charge is -2.35. The molecular weight excluding hydrogens is 376 g/mol. The van der Waals surface area contributed by atoms with Gasteiger partial charge in [0.25, 0.3) is 5.56 Å². The van der Waals surface area contributed by atoms with Crippen molar-refractivity contribution >= 4 is 12.2 Å². The summed E-state index contributed by atoms with van der Waals surface area (Å²) >= 11 is 0. The molecule has 0 unspecified atom stereocenters. The van der Waals surface area contributed by atoms with Crippen LogP contribution < -0.4 is 15.7 Å². The van der Waals surface area contributed by atoms with Crippen LogP contribution in [-0.4, -0.2) is 23.3 Å². The molecule has 5 rings (SSSR count). The Balaban J connectivity index is 1.50. The fraction of sp³-hybridized carbons (Fsp3) is 0.292. The molecule has 3 aromatic rings. The van der Waals surface area contributed by atoms with Gasteiger partial charge in [0.1, 0.15) is 5.75 Å². The second-order valence-electron chi connectivity index (χ2n) is 8.10. The number of hydrogen-bond donors (Lipinski definition) is 2. The van der Waals surface area contributed by atoms with E-state index in [1.165, 1.54) is 5.56 Å². The van der Waals surface area contributed by atoms with Crippen molar-refractivity contribution in [1.29, 1.82) is 0 Å². The van der Waals surface area contributed by atoms with Gasteiger partial charge in [-0.05, 0) is 54.7 Å². The molecule has 6 nitrogen and oxygen atoms in total. The smallest absolute Gasteiger partial charge is 0.256 e.